The van der Waals surface area contributed by atoms with Crippen molar-refractivity contribution in [3.05, 3.63) is 180 Å². The molecule has 326 valence electrons. The van der Waals surface area contributed by atoms with E-state index in [1.54, 1.807) is 12.1 Å². The van der Waals surface area contributed by atoms with Crippen LogP contribution < -0.4 is 16.4 Å². The molecular weight excluding hydrogens is 821 g/mol. The fourth-order valence-corrected chi connectivity index (χ4v) is 8.52. The highest BCUT2D eigenvalue weighted by Crippen LogP contribution is 2.41. The third kappa shape index (κ3) is 11.7. The van der Waals surface area contributed by atoms with Crippen LogP contribution in [0.25, 0.3) is 33.7 Å². The molecule has 1 aromatic heterocycles. The molecule has 0 bridgehead atoms. The van der Waals surface area contributed by atoms with Crippen LogP contribution in [0.3, 0.4) is 0 Å². The Morgan fingerprint density at radius 3 is 2.08 bits per heavy atom. The second-order valence-corrected chi connectivity index (χ2v) is 16.8. The summed E-state index contributed by atoms with van der Waals surface area (Å²) in [6.07, 6.45) is 2.55. The van der Waals surface area contributed by atoms with Crippen LogP contribution in [0.5, 0.6) is 0 Å². The molecule has 1 saturated heterocycles. The molecule has 3 unspecified atom stereocenters. The van der Waals surface area contributed by atoms with Crippen LogP contribution in [-0.4, -0.2) is 33.8 Å². The van der Waals surface area contributed by atoms with Gasteiger partial charge < -0.3 is 35.4 Å². The molecule has 1 aliphatic rings. The predicted molar refractivity (Wildman–Crippen MR) is 253 cm³/mol. The molecule has 8 rings (SSSR count). The zero-order chi connectivity index (χ0) is 44.1. The molecule has 1 aliphatic heterocycles. The molecule has 7 aromatic rings. The van der Waals surface area contributed by atoms with E-state index in [9.17, 15) is 14.7 Å². The minimum Gasteiger partial charge on any atom is -0.431 e. The number of hydrogen-bond acceptors (Lipinski definition) is 9. The Hall–Kier alpha value is -6.50. The molecule has 0 saturated carbocycles. The molecule has 6 aromatic carbocycles. The van der Waals surface area contributed by atoms with Gasteiger partial charge in [-0.2, -0.15) is 0 Å². The Labute approximate surface area is 378 Å². The highest BCUT2D eigenvalue weighted by Gasteiger charge is 2.33. The monoisotopic (exact) mass is 872 g/mol. The largest absolute Gasteiger partial charge is 0.431 e. The van der Waals surface area contributed by atoms with Crippen molar-refractivity contribution in [1.29, 1.82) is 0 Å². The van der Waals surface area contributed by atoms with E-state index in [2.05, 4.69) is 34.9 Å². The number of amides is 2. The van der Waals surface area contributed by atoms with Crippen molar-refractivity contribution in [2.24, 2.45) is 0 Å². The van der Waals surface area contributed by atoms with Crippen molar-refractivity contribution in [3.8, 4) is 33.7 Å². The van der Waals surface area contributed by atoms with Crippen molar-refractivity contribution >= 4 is 35.0 Å². The number of nitrogens with one attached hydrogen (secondary N) is 2. The summed E-state index contributed by atoms with van der Waals surface area (Å²) in [4.78, 5) is 30.0. The van der Waals surface area contributed by atoms with Crippen molar-refractivity contribution in [2.75, 3.05) is 16.8 Å². The lowest BCUT2D eigenvalue weighted by atomic mass is 9.99. The van der Waals surface area contributed by atoms with Gasteiger partial charge >= 0.3 is 0 Å². The van der Waals surface area contributed by atoms with E-state index in [4.69, 9.17) is 24.6 Å². The predicted octanol–water partition coefficient (Wildman–Crippen LogP) is 11.3. The number of nitrogens with two attached hydrogens (primary N) is 1. The first-order valence-electron chi connectivity index (χ1n) is 21.7. The van der Waals surface area contributed by atoms with Crippen molar-refractivity contribution in [2.45, 2.75) is 75.4 Å². The Bertz CT molecular complexity index is 2550. The molecule has 0 spiro atoms. The summed E-state index contributed by atoms with van der Waals surface area (Å²) >= 11 is 1.53. The van der Waals surface area contributed by atoms with Crippen LogP contribution in [-0.2, 0) is 32.2 Å². The normalized spacial score (nSPS) is 16.0. The maximum Gasteiger partial charge on any atom is 0.256 e. The smallest absolute Gasteiger partial charge is 0.256 e. The Morgan fingerprint density at radius 1 is 0.672 bits per heavy atom. The molecular formula is C53H52N4O6S. The first-order valence-corrected chi connectivity index (χ1v) is 22.7. The van der Waals surface area contributed by atoms with Gasteiger partial charge in [-0.15, -0.1) is 0 Å². The number of carbonyl (C=O) groups is 2. The number of rotatable bonds is 18. The van der Waals surface area contributed by atoms with Crippen LogP contribution in [0.2, 0.25) is 0 Å². The number of aromatic nitrogens is 1. The number of benzene rings is 6. The number of hydrogen-bond donors (Lipinski definition) is 4. The number of nitrogens with zero attached hydrogens (tertiary/aromatic N) is 1. The minimum atomic E-state index is -0.618. The zero-order valence-corrected chi connectivity index (χ0v) is 36.3. The Kier molecular flexibility index (Phi) is 15.0. The summed E-state index contributed by atoms with van der Waals surface area (Å²) in [5, 5.41) is 16.1. The number of aliphatic hydroxyl groups excluding tert-OH is 1. The lowest BCUT2D eigenvalue weighted by molar-refractivity contribution is -0.245. The first kappa shape index (κ1) is 44.1. The van der Waals surface area contributed by atoms with E-state index in [1.807, 2.05) is 121 Å². The lowest BCUT2D eigenvalue weighted by Crippen LogP contribution is -2.31. The average molecular weight is 873 g/mol. The van der Waals surface area contributed by atoms with Gasteiger partial charge in [-0.25, -0.2) is 4.98 Å². The standard InChI is InChI=1S/C53H52N4O6S/c54-45-19-10-11-20-46(45)56-49(60)22-9-3-8-21-48(59)55-33-37-13-12-18-43(31-37)38-27-29-42(30-28-38)52-61-44(32-47(62-52)39-25-23-36(34-58)24-26-39)35-64-53-57-50(40-14-4-1-5-15-40)51(63-53)41-16-6-2-7-17-41/h1-2,4-7,10-20,23-31,44,47,52,58H,3,8-9,21-22,32-35,54H2,(H,55,59)(H,56,60). The van der Waals surface area contributed by atoms with E-state index in [1.165, 1.54) is 11.8 Å². The Morgan fingerprint density at radius 2 is 1.34 bits per heavy atom. The van der Waals surface area contributed by atoms with Gasteiger partial charge in [-0.3, -0.25) is 9.59 Å². The van der Waals surface area contributed by atoms with E-state index >= 15 is 0 Å². The number of thioether (sulfide) groups is 1. The van der Waals surface area contributed by atoms with E-state index in [0.717, 1.165) is 62.4 Å². The molecule has 10 nitrogen and oxygen atoms in total. The SMILES string of the molecule is Nc1ccccc1NC(=O)CCCCCC(=O)NCc1cccc(-c2ccc(C3OC(CSc4nc(-c5ccccc5)c(-c5ccccc5)o4)CC(c4ccc(CO)cc4)O3)cc2)c1. The summed E-state index contributed by atoms with van der Waals surface area (Å²) in [5.41, 5.74) is 15.6. The van der Waals surface area contributed by atoms with Gasteiger partial charge in [0, 0.05) is 48.3 Å². The van der Waals surface area contributed by atoms with Crippen LogP contribution in [0.1, 0.15) is 73.2 Å². The van der Waals surface area contributed by atoms with Crippen LogP contribution >= 0.6 is 11.8 Å². The molecule has 11 heteroatoms. The highest BCUT2D eigenvalue weighted by atomic mass is 32.2. The number of carbonyl (C=O) groups excluding carboxylic acids is 2. The quantitative estimate of drug-likeness (QED) is 0.0375. The maximum atomic E-state index is 12.7. The number of para-hydroxylation sites is 2. The summed E-state index contributed by atoms with van der Waals surface area (Å²) in [5.74, 6) is 1.23. The number of oxazole rings is 1. The average Bonchev–Trinajstić information content (AvgIpc) is 3.78. The summed E-state index contributed by atoms with van der Waals surface area (Å²) < 4.78 is 19.8. The van der Waals surface area contributed by atoms with Crippen LogP contribution in [0.15, 0.2) is 167 Å². The second-order valence-electron chi connectivity index (χ2n) is 15.8. The molecule has 2 amide bonds. The number of anilines is 2. The van der Waals surface area contributed by atoms with Gasteiger partial charge in [0.15, 0.2) is 12.1 Å². The van der Waals surface area contributed by atoms with Crippen molar-refractivity contribution < 1.29 is 28.6 Å². The lowest BCUT2D eigenvalue weighted by Gasteiger charge is -2.36. The molecule has 0 aliphatic carbocycles. The number of unbranched alkanes of at least 4 members (excludes halogenated alkanes) is 2. The minimum absolute atomic E-state index is 0.0163. The Balaban J connectivity index is 0.879. The second kappa shape index (κ2) is 21.7. The molecule has 2 heterocycles. The first-order chi connectivity index (χ1) is 31.4. The molecule has 64 heavy (non-hydrogen) atoms. The van der Waals surface area contributed by atoms with E-state index in [0.29, 0.717) is 61.0 Å². The molecule has 5 N–H and O–H groups in total. The fourth-order valence-electron chi connectivity index (χ4n) is 7.68. The maximum absolute atomic E-state index is 12.7. The fraction of sp³-hybridized carbons (Fsp3) is 0.226. The molecule has 0 radical (unpaired) electrons. The molecule has 3 atom stereocenters. The van der Waals surface area contributed by atoms with Crippen LogP contribution in [0.4, 0.5) is 11.4 Å². The van der Waals surface area contributed by atoms with Crippen molar-refractivity contribution in [3.63, 3.8) is 0 Å². The van der Waals surface area contributed by atoms with Gasteiger partial charge in [-0.05, 0) is 58.9 Å². The summed E-state index contributed by atoms with van der Waals surface area (Å²) in [7, 11) is 0. The van der Waals surface area contributed by atoms with Crippen molar-refractivity contribution in [1.82, 2.24) is 10.3 Å². The van der Waals surface area contributed by atoms with E-state index < -0.39 is 6.29 Å². The van der Waals surface area contributed by atoms with Gasteiger partial charge in [0.2, 0.25) is 11.8 Å². The van der Waals surface area contributed by atoms with Crippen LogP contribution in [0, 0.1) is 0 Å². The highest BCUT2D eigenvalue weighted by molar-refractivity contribution is 7.99. The van der Waals surface area contributed by atoms with Gasteiger partial charge in [0.25, 0.3) is 5.22 Å². The third-order valence-corrected chi connectivity index (χ3v) is 12.1. The number of ether oxygens (including phenoxy) is 2. The van der Waals surface area contributed by atoms with Gasteiger partial charge in [-0.1, -0.05) is 158 Å². The van der Waals surface area contributed by atoms with Gasteiger partial charge in [0.1, 0.15) is 5.69 Å². The third-order valence-electron chi connectivity index (χ3n) is 11.2. The zero-order valence-electron chi connectivity index (χ0n) is 35.5. The van der Waals surface area contributed by atoms with Gasteiger partial charge in [0.05, 0.1) is 30.2 Å². The number of nitrogen functional groups attached to an aromatic ring is 1. The number of aliphatic hydroxyl groups is 1. The topological polar surface area (TPSA) is 149 Å². The summed E-state index contributed by atoms with van der Waals surface area (Å²) in [6, 6.07) is 51.6. The summed E-state index contributed by atoms with van der Waals surface area (Å²) in [6.45, 7) is 0.397. The van der Waals surface area contributed by atoms with E-state index in [-0.39, 0.29) is 30.6 Å². The molecule has 1 fully saturated rings.